The van der Waals surface area contributed by atoms with Gasteiger partial charge in [0.1, 0.15) is 0 Å². The largest absolute Gasteiger partial charge is 0.397 e. The molecular weight excluding hydrogens is 309 g/mol. The highest BCUT2D eigenvalue weighted by Crippen LogP contribution is 2.28. The first-order valence-electron chi connectivity index (χ1n) is 6.29. The van der Waals surface area contributed by atoms with Gasteiger partial charge in [-0.05, 0) is 42.8 Å². The maximum Gasteiger partial charge on any atom is 0.231 e. The number of hydrogen-bond acceptors (Lipinski definition) is 3. The van der Waals surface area contributed by atoms with Crippen molar-refractivity contribution >= 4 is 46.2 Å². The lowest BCUT2D eigenvalue weighted by Gasteiger charge is -2.14. The second-order valence-corrected chi connectivity index (χ2v) is 5.57. The molecule has 2 aromatic rings. The van der Waals surface area contributed by atoms with Crippen molar-refractivity contribution in [2.75, 3.05) is 16.8 Å². The zero-order chi connectivity index (χ0) is 15.6. The molecule has 4 nitrogen and oxygen atoms in total. The van der Waals surface area contributed by atoms with Crippen LogP contribution in [0.15, 0.2) is 36.4 Å². The molecule has 0 fully saturated rings. The van der Waals surface area contributed by atoms with Gasteiger partial charge in [0.25, 0.3) is 0 Å². The van der Waals surface area contributed by atoms with Gasteiger partial charge in [0, 0.05) is 5.02 Å². The number of hydrogen-bond donors (Lipinski definition) is 3. The normalized spacial score (nSPS) is 12.0. The lowest BCUT2D eigenvalue weighted by Crippen LogP contribution is -2.19. The number of nitrogens with one attached hydrogen (secondary N) is 1. The van der Waals surface area contributed by atoms with Gasteiger partial charge in [-0.25, -0.2) is 0 Å². The molecule has 6 heteroatoms. The molecule has 0 aliphatic heterocycles. The van der Waals surface area contributed by atoms with E-state index in [0.717, 1.165) is 5.56 Å². The van der Waals surface area contributed by atoms with E-state index in [1.807, 2.05) is 0 Å². The molecule has 1 amide bonds. The number of carbonyl (C=O) groups excluding carboxylic acids is 1. The molecule has 0 saturated carbocycles. The van der Waals surface area contributed by atoms with Crippen molar-refractivity contribution in [1.82, 2.24) is 0 Å². The average molecular weight is 324 g/mol. The van der Waals surface area contributed by atoms with Gasteiger partial charge in [0.2, 0.25) is 5.91 Å². The molecular formula is C15H15Cl2N3O. The average Bonchev–Trinajstić information content (AvgIpc) is 2.44. The number of halogens is 2. The van der Waals surface area contributed by atoms with Crippen LogP contribution in [0.25, 0.3) is 0 Å². The van der Waals surface area contributed by atoms with Gasteiger partial charge < -0.3 is 16.8 Å². The highest BCUT2D eigenvalue weighted by molar-refractivity contribution is 6.36. The SMILES string of the molecule is CC(C(=O)Nc1ccc(Cl)cc1Cl)c1ccc(N)c(N)c1. The van der Waals surface area contributed by atoms with Crippen molar-refractivity contribution < 1.29 is 4.79 Å². The zero-order valence-corrected chi connectivity index (χ0v) is 12.9. The summed E-state index contributed by atoms with van der Waals surface area (Å²) < 4.78 is 0. The summed E-state index contributed by atoms with van der Waals surface area (Å²) in [6.07, 6.45) is 0. The lowest BCUT2D eigenvalue weighted by molar-refractivity contribution is -0.117. The van der Waals surface area contributed by atoms with E-state index in [-0.39, 0.29) is 11.8 Å². The van der Waals surface area contributed by atoms with Gasteiger partial charge in [-0.3, -0.25) is 4.79 Å². The first kappa shape index (κ1) is 15.5. The van der Waals surface area contributed by atoms with Crippen molar-refractivity contribution in [1.29, 1.82) is 0 Å². The fraction of sp³-hybridized carbons (Fsp3) is 0.133. The molecule has 2 aromatic carbocycles. The summed E-state index contributed by atoms with van der Waals surface area (Å²) in [4.78, 5) is 12.3. The molecule has 2 rings (SSSR count). The number of nitrogens with two attached hydrogens (primary N) is 2. The Morgan fingerprint density at radius 1 is 1.10 bits per heavy atom. The maximum atomic E-state index is 12.3. The molecule has 0 bridgehead atoms. The van der Waals surface area contributed by atoms with Crippen LogP contribution in [0.5, 0.6) is 0 Å². The van der Waals surface area contributed by atoms with Crippen LogP contribution < -0.4 is 16.8 Å². The fourth-order valence-corrected chi connectivity index (χ4v) is 2.30. The molecule has 0 aromatic heterocycles. The highest BCUT2D eigenvalue weighted by Gasteiger charge is 2.17. The van der Waals surface area contributed by atoms with E-state index >= 15 is 0 Å². The van der Waals surface area contributed by atoms with E-state index in [4.69, 9.17) is 34.7 Å². The van der Waals surface area contributed by atoms with Crippen molar-refractivity contribution in [2.24, 2.45) is 0 Å². The minimum atomic E-state index is -0.389. The first-order valence-corrected chi connectivity index (χ1v) is 7.05. The molecule has 0 heterocycles. The predicted octanol–water partition coefficient (Wildman–Crippen LogP) is 3.90. The Morgan fingerprint density at radius 2 is 1.81 bits per heavy atom. The van der Waals surface area contributed by atoms with Crippen molar-refractivity contribution in [3.05, 3.63) is 52.0 Å². The fourth-order valence-electron chi connectivity index (χ4n) is 1.85. The topological polar surface area (TPSA) is 81.1 Å². The van der Waals surface area contributed by atoms with Crippen LogP contribution in [0.4, 0.5) is 17.1 Å². The van der Waals surface area contributed by atoms with E-state index < -0.39 is 0 Å². The molecule has 5 N–H and O–H groups in total. The van der Waals surface area contributed by atoms with Crippen LogP contribution in [0.2, 0.25) is 10.0 Å². The van der Waals surface area contributed by atoms with E-state index in [1.54, 1.807) is 43.3 Å². The van der Waals surface area contributed by atoms with Gasteiger partial charge in [-0.2, -0.15) is 0 Å². The third kappa shape index (κ3) is 3.60. The molecule has 0 saturated heterocycles. The van der Waals surface area contributed by atoms with E-state index in [1.165, 1.54) is 0 Å². The molecule has 110 valence electrons. The van der Waals surface area contributed by atoms with Crippen LogP contribution in [-0.2, 0) is 4.79 Å². The van der Waals surface area contributed by atoms with Gasteiger partial charge in [0.05, 0.1) is 28.0 Å². The van der Waals surface area contributed by atoms with Crippen molar-refractivity contribution in [2.45, 2.75) is 12.8 Å². The molecule has 1 atom stereocenters. The summed E-state index contributed by atoms with van der Waals surface area (Å²) in [5, 5.41) is 3.67. The summed E-state index contributed by atoms with van der Waals surface area (Å²) >= 11 is 11.9. The maximum absolute atomic E-state index is 12.3. The minimum absolute atomic E-state index is 0.191. The monoisotopic (exact) mass is 323 g/mol. The molecule has 0 radical (unpaired) electrons. The Balaban J connectivity index is 2.17. The van der Waals surface area contributed by atoms with Crippen LogP contribution in [0.3, 0.4) is 0 Å². The number of rotatable bonds is 3. The first-order chi connectivity index (χ1) is 9.88. The second-order valence-electron chi connectivity index (χ2n) is 4.72. The Bertz CT molecular complexity index is 689. The standard InChI is InChI=1S/C15H15Cl2N3O/c1-8(9-2-4-12(18)13(19)6-9)15(21)20-14-5-3-10(16)7-11(14)17/h2-8H,18-19H2,1H3,(H,20,21). The van der Waals surface area contributed by atoms with Gasteiger partial charge in [-0.1, -0.05) is 29.3 Å². The third-order valence-electron chi connectivity index (χ3n) is 3.19. The van der Waals surface area contributed by atoms with Crippen LogP contribution in [0, 0.1) is 0 Å². The van der Waals surface area contributed by atoms with Crippen molar-refractivity contribution in [3.63, 3.8) is 0 Å². The Morgan fingerprint density at radius 3 is 2.43 bits per heavy atom. The van der Waals surface area contributed by atoms with E-state index in [9.17, 15) is 4.79 Å². The lowest BCUT2D eigenvalue weighted by atomic mass is 9.99. The van der Waals surface area contributed by atoms with Crippen LogP contribution >= 0.6 is 23.2 Å². The smallest absolute Gasteiger partial charge is 0.231 e. The van der Waals surface area contributed by atoms with Crippen LogP contribution in [0.1, 0.15) is 18.4 Å². The van der Waals surface area contributed by atoms with Crippen LogP contribution in [-0.4, -0.2) is 5.91 Å². The summed E-state index contributed by atoms with van der Waals surface area (Å²) in [7, 11) is 0. The van der Waals surface area contributed by atoms with Gasteiger partial charge in [-0.15, -0.1) is 0 Å². The summed E-state index contributed by atoms with van der Waals surface area (Å²) in [6, 6.07) is 10.1. The quantitative estimate of drug-likeness (QED) is 0.749. The highest BCUT2D eigenvalue weighted by atomic mass is 35.5. The molecule has 0 aliphatic carbocycles. The predicted molar refractivity (Wildman–Crippen MR) is 88.8 cm³/mol. The van der Waals surface area contributed by atoms with E-state index in [2.05, 4.69) is 5.32 Å². The number of anilines is 3. The van der Waals surface area contributed by atoms with Gasteiger partial charge >= 0.3 is 0 Å². The number of carbonyl (C=O) groups is 1. The molecule has 21 heavy (non-hydrogen) atoms. The van der Waals surface area contributed by atoms with Gasteiger partial charge in [0.15, 0.2) is 0 Å². The second kappa shape index (κ2) is 6.24. The number of benzene rings is 2. The number of amides is 1. The molecule has 0 spiro atoms. The summed E-state index contributed by atoms with van der Waals surface area (Å²) in [5.74, 6) is -0.581. The third-order valence-corrected chi connectivity index (χ3v) is 3.74. The molecule has 0 aliphatic rings. The number of nitrogen functional groups attached to an aromatic ring is 2. The Hall–Kier alpha value is -1.91. The Labute approximate surface area is 133 Å². The van der Waals surface area contributed by atoms with Crippen molar-refractivity contribution in [3.8, 4) is 0 Å². The zero-order valence-electron chi connectivity index (χ0n) is 11.4. The Kier molecular flexibility index (Phi) is 4.60. The van der Waals surface area contributed by atoms with E-state index in [0.29, 0.717) is 27.1 Å². The minimum Gasteiger partial charge on any atom is -0.397 e. The summed E-state index contributed by atoms with van der Waals surface area (Å²) in [5.41, 5.74) is 13.7. The molecule has 1 unspecified atom stereocenters. The summed E-state index contributed by atoms with van der Waals surface area (Å²) in [6.45, 7) is 1.78.